The Balaban J connectivity index is 1.45. The summed E-state index contributed by atoms with van der Waals surface area (Å²) in [5.41, 5.74) is 4.49. The van der Waals surface area contributed by atoms with Gasteiger partial charge in [0.2, 0.25) is 5.91 Å². The van der Waals surface area contributed by atoms with Gasteiger partial charge in [-0.1, -0.05) is 31.5 Å². The number of nitrogens with one attached hydrogen (secondary N) is 1. The summed E-state index contributed by atoms with van der Waals surface area (Å²) in [7, 11) is 0. The quantitative estimate of drug-likeness (QED) is 0.664. The van der Waals surface area contributed by atoms with Gasteiger partial charge in [-0.25, -0.2) is 0 Å². The van der Waals surface area contributed by atoms with Crippen LogP contribution >= 0.6 is 0 Å². The molecule has 0 saturated carbocycles. The molecule has 1 aliphatic rings. The van der Waals surface area contributed by atoms with Crippen LogP contribution in [0.2, 0.25) is 0 Å². The third-order valence-electron chi connectivity index (χ3n) is 5.41. The van der Waals surface area contributed by atoms with Gasteiger partial charge in [-0.3, -0.25) is 9.59 Å². The number of rotatable bonds is 4. The first-order chi connectivity index (χ1) is 14.4. The molecule has 5 heteroatoms. The molecule has 0 fully saturated rings. The summed E-state index contributed by atoms with van der Waals surface area (Å²) in [5, 5.41) is 2.92. The van der Waals surface area contributed by atoms with E-state index < -0.39 is 0 Å². The number of furan rings is 1. The predicted octanol–water partition coefficient (Wildman–Crippen LogP) is 5.05. The topological polar surface area (TPSA) is 62.6 Å². The largest absolute Gasteiger partial charge is 0.461 e. The average Bonchev–Trinajstić information content (AvgIpc) is 3.17. The molecule has 5 nitrogen and oxygen atoms in total. The molecule has 0 bridgehead atoms. The second kappa shape index (κ2) is 8.19. The van der Waals surface area contributed by atoms with Crippen LogP contribution in [0.3, 0.4) is 0 Å². The number of benzene rings is 2. The fourth-order valence-electron chi connectivity index (χ4n) is 3.65. The molecule has 2 aromatic carbocycles. The summed E-state index contributed by atoms with van der Waals surface area (Å²) in [5.74, 6) is 1.79. The maximum Gasteiger partial charge on any atom is 0.255 e. The van der Waals surface area contributed by atoms with E-state index in [4.69, 9.17) is 4.42 Å². The van der Waals surface area contributed by atoms with Gasteiger partial charge >= 0.3 is 0 Å². The molecule has 2 amide bonds. The van der Waals surface area contributed by atoms with Crippen molar-refractivity contribution in [3.05, 3.63) is 77.0 Å². The standard InChI is InChI=1S/C25H26N2O3/c1-16(2)25(29)27-13-12-22-20(15-27)14-23(30-22)18-8-10-21(11-9-18)26-24(28)19-6-4-17(3)5-7-19/h4-11,14,16H,12-13,15H2,1-3H3,(H,26,28). The minimum Gasteiger partial charge on any atom is -0.461 e. The summed E-state index contributed by atoms with van der Waals surface area (Å²) in [6.45, 7) is 7.14. The summed E-state index contributed by atoms with van der Waals surface area (Å²) in [6.07, 6.45) is 0.735. The third-order valence-corrected chi connectivity index (χ3v) is 5.41. The van der Waals surface area contributed by atoms with Crippen LogP contribution in [-0.2, 0) is 17.8 Å². The van der Waals surface area contributed by atoms with E-state index >= 15 is 0 Å². The van der Waals surface area contributed by atoms with E-state index in [1.165, 1.54) is 0 Å². The van der Waals surface area contributed by atoms with Crippen molar-refractivity contribution in [2.24, 2.45) is 5.92 Å². The summed E-state index contributed by atoms with van der Waals surface area (Å²) >= 11 is 0. The Morgan fingerprint density at radius 2 is 1.73 bits per heavy atom. The summed E-state index contributed by atoms with van der Waals surface area (Å²) in [6, 6.07) is 17.1. The number of anilines is 1. The summed E-state index contributed by atoms with van der Waals surface area (Å²) < 4.78 is 6.06. The molecule has 3 aromatic rings. The number of fused-ring (bicyclic) bond motifs is 1. The van der Waals surface area contributed by atoms with Crippen LogP contribution in [0.15, 0.2) is 59.0 Å². The average molecular weight is 402 g/mol. The lowest BCUT2D eigenvalue weighted by atomic mass is 10.1. The van der Waals surface area contributed by atoms with Crippen LogP contribution in [0, 0.1) is 12.8 Å². The number of hydrogen-bond donors (Lipinski definition) is 1. The zero-order valence-corrected chi connectivity index (χ0v) is 17.6. The maximum absolute atomic E-state index is 12.4. The highest BCUT2D eigenvalue weighted by molar-refractivity contribution is 6.04. The molecule has 1 N–H and O–H groups in total. The number of amides is 2. The molecule has 0 unspecified atom stereocenters. The molecule has 2 heterocycles. The van der Waals surface area contributed by atoms with Gasteiger partial charge in [0.25, 0.3) is 5.91 Å². The molecule has 1 aromatic heterocycles. The third kappa shape index (κ3) is 4.15. The van der Waals surface area contributed by atoms with Gasteiger partial charge in [-0.15, -0.1) is 0 Å². The Bertz CT molecular complexity index is 1060. The fraction of sp³-hybridized carbons (Fsp3) is 0.280. The Morgan fingerprint density at radius 1 is 1.03 bits per heavy atom. The van der Waals surface area contributed by atoms with Crippen LogP contribution in [0.4, 0.5) is 5.69 Å². The molecule has 1 aliphatic heterocycles. The van der Waals surface area contributed by atoms with Crippen LogP contribution in [0.1, 0.15) is 41.1 Å². The van der Waals surface area contributed by atoms with E-state index in [0.717, 1.165) is 40.3 Å². The first kappa shape index (κ1) is 20.0. The molecule has 0 spiro atoms. The Kier molecular flexibility index (Phi) is 5.44. The lowest BCUT2D eigenvalue weighted by molar-refractivity contribution is -0.135. The van der Waals surface area contributed by atoms with Crippen molar-refractivity contribution in [1.29, 1.82) is 0 Å². The van der Waals surface area contributed by atoms with Crippen molar-refractivity contribution in [2.75, 3.05) is 11.9 Å². The number of aryl methyl sites for hydroxylation is 1. The minimum atomic E-state index is -0.133. The molecular weight excluding hydrogens is 376 g/mol. The van der Waals surface area contributed by atoms with Crippen LogP contribution < -0.4 is 5.32 Å². The number of carbonyl (C=O) groups excluding carboxylic acids is 2. The van der Waals surface area contributed by atoms with Crippen molar-refractivity contribution in [3.8, 4) is 11.3 Å². The normalized spacial score (nSPS) is 13.3. The van der Waals surface area contributed by atoms with Crippen LogP contribution in [0.25, 0.3) is 11.3 Å². The van der Waals surface area contributed by atoms with Crippen LogP contribution in [0.5, 0.6) is 0 Å². The molecule has 0 atom stereocenters. The predicted molar refractivity (Wildman–Crippen MR) is 117 cm³/mol. The lowest BCUT2D eigenvalue weighted by Crippen LogP contribution is -2.37. The van der Waals surface area contributed by atoms with Gasteiger partial charge in [0.05, 0.1) is 0 Å². The monoisotopic (exact) mass is 402 g/mol. The van der Waals surface area contributed by atoms with E-state index in [1.807, 2.05) is 80.3 Å². The van der Waals surface area contributed by atoms with Crippen molar-refractivity contribution in [3.63, 3.8) is 0 Å². The summed E-state index contributed by atoms with van der Waals surface area (Å²) in [4.78, 5) is 26.6. The first-order valence-corrected chi connectivity index (χ1v) is 10.3. The highest BCUT2D eigenvalue weighted by Crippen LogP contribution is 2.30. The van der Waals surface area contributed by atoms with Gasteiger partial charge in [0, 0.05) is 47.8 Å². The zero-order chi connectivity index (χ0) is 21.3. The molecule has 0 radical (unpaired) electrons. The van der Waals surface area contributed by atoms with E-state index in [1.54, 1.807) is 0 Å². The highest BCUT2D eigenvalue weighted by Gasteiger charge is 2.25. The van der Waals surface area contributed by atoms with Gasteiger partial charge < -0.3 is 14.6 Å². The highest BCUT2D eigenvalue weighted by atomic mass is 16.3. The van der Waals surface area contributed by atoms with Crippen molar-refractivity contribution in [2.45, 2.75) is 33.7 Å². The van der Waals surface area contributed by atoms with E-state index in [0.29, 0.717) is 18.7 Å². The number of carbonyl (C=O) groups is 2. The molecule has 4 rings (SSSR count). The van der Waals surface area contributed by atoms with E-state index in [-0.39, 0.29) is 17.7 Å². The molecular formula is C25H26N2O3. The Morgan fingerprint density at radius 3 is 2.40 bits per heavy atom. The van der Waals surface area contributed by atoms with Crippen molar-refractivity contribution >= 4 is 17.5 Å². The second-order valence-electron chi connectivity index (χ2n) is 8.12. The molecule has 154 valence electrons. The fourth-order valence-corrected chi connectivity index (χ4v) is 3.65. The van der Waals surface area contributed by atoms with Gasteiger partial charge in [0.15, 0.2) is 0 Å². The smallest absolute Gasteiger partial charge is 0.255 e. The number of hydrogen-bond acceptors (Lipinski definition) is 3. The number of nitrogens with zero attached hydrogens (tertiary/aromatic N) is 1. The van der Waals surface area contributed by atoms with E-state index in [9.17, 15) is 9.59 Å². The van der Waals surface area contributed by atoms with Crippen LogP contribution in [-0.4, -0.2) is 23.3 Å². The molecule has 30 heavy (non-hydrogen) atoms. The minimum absolute atomic E-state index is 0.000542. The molecule has 0 saturated heterocycles. The Labute approximate surface area is 176 Å². The van der Waals surface area contributed by atoms with E-state index in [2.05, 4.69) is 5.32 Å². The van der Waals surface area contributed by atoms with Gasteiger partial charge in [0.1, 0.15) is 11.5 Å². The zero-order valence-electron chi connectivity index (χ0n) is 17.6. The SMILES string of the molecule is Cc1ccc(C(=O)Nc2ccc(-c3cc4c(o3)CCN(C(=O)C(C)C)C4)cc2)cc1. The lowest BCUT2D eigenvalue weighted by Gasteiger charge is -2.27. The Hall–Kier alpha value is -3.34. The van der Waals surface area contributed by atoms with Crippen molar-refractivity contribution < 1.29 is 14.0 Å². The second-order valence-corrected chi connectivity index (χ2v) is 8.12. The van der Waals surface area contributed by atoms with Gasteiger partial charge in [-0.2, -0.15) is 0 Å². The first-order valence-electron chi connectivity index (χ1n) is 10.3. The maximum atomic E-state index is 12.4. The molecule has 0 aliphatic carbocycles. The van der Waals surface area contributed by atoms with Crippen molar-refractivity contribution in [1.82, 2.24) is 4.90 Å². The van der Waals surface area contributed by atoms with Gasteiger partial charge in [-0.05, 0) is 49.4 Å².